The van der Waals surface area contributed by atoms with Crippen molar-refractivity contribution in [2.24, 2.45) is 0 Å². The van der Waals surface area contributed by atoms with E-state index in [0.717, 1.165) is 30.3 Å². The van der Waals surface area contributed by atoms with Gasteiger partial charge in [-0.1, -0.05) is 17.7 Å². The van der Waals surface area contributed by atoms with E-state index in [2.05, 4.69) is 25.2 Å². The lowest BCUT2D eigenvalue weighted by Gasteiger charge is -2.26. The highest BCUT2D eigenvalue weighted by Crippen LogP contribution is 2.30. The van der Waals surface area contributed by atoms with E-state index in [1.54, 1.807) is 0 Å². The molecule has 1 unspecified atom stereocenters. The lowest BCUT2D eigenvalue weighted by Crippen LogP contribution is -2.33. The third-order valence-electron chi connectivity index (χ3n) is 2.73. The number of hydrogen-bond acceptors (Lipinski definition) is 2. The Labute approximate surface area is 95.6 Å². The molecule has 1 atom stereocenters. The summed E-state index contributed by atoms with van der Waals surface area (Å²) >= 11 is 6.26. The van der Waals surface area contributed by atoms with Crippen LogP contribution in [0.1, 0.15) is 22.8 Å². The molecule has 1 N–H and O–H groups in total. The number of ether oxygens (including phenoxy) is 1. The Balaban J connectivity index is 2.33. The van der Waals surface area contributed by atoms with Crippen LogP contribution in [0.3, 0.4) is 0 Å². The van der Waals surface area contributed by atoms with Crippen LogP contribution in [0, 0.1) is 13.8 Å². The number of benzene rings is 1. The number of morpholine rings is 1. The molecule has 0 spiro atoms. The van der Waals surface area contributed by atoms with Gasteiger partial charge in [-0.3, -0.25) is 0 Å². The van der Waals surface area contributed by atoms with Crippen molar-refractivity contribution in [3.8, 4) is 0 Å². The summed E-state index contributed by atoms with van der Waals surface area (Å²) in [5, 5.41) is 4.14. The van der Waals surface area contributed by atoms with E-state index in [-0.39, 0.29) is 6.10 Å². The molecular formula is C12H16ClNO. The second kappa shape index (κ2) is 4.52. The fraction of sp³-hybridized carbons (Fsp3) is 0.500. The largest absolute Gasteiger partial charge is 0.371 e. The van der Waals surface area contributed by atoms with E-state index in [1.807, 2.05) is 6.07 Å². The predicted octanol–water partition coefficient (Wildman–Crippen LogP) is 2.62. The first-order chi connectivity index (χ1) is 7.18. The Morgan fingerprint density at radius 2 is 2.20 bits per heavy atom. The molecule has 1 aliphatic heterocycles. The van der Waals surface area contributed by atoms with Crippen LogP contribution in [0.4, 0.5) is 0 Å². The first kappa shape index (κ1) is 10.9. The van der Waals surface area contributed by atoms with E-state index in [4.69, 9.17) is 16.3 Å². The molecule has 0 aliphatic carbocycles. The molecule has 1 saturated heterocycles. The first-order valence-electron chi connectivity index (χ1n) is 5.27. The molecule has 82 valence electrons. The second-order valence-corrected chi connectivity index (χ2v) is 4.45. The van der Waals surface area contributed by atoms with Gasteiger partial charge in [0.05, 0.1) is 12.7 Å². The van der Waals surface area contributed by atoms with E-state index < -0.39 is 0 Å². The topological polar surface area (TPSA) is 21.3 Å². The summed E-state index contributed by atoms with van der Waals surface area (Å²) in [5.41, 5.74) is 3.55. The number of rotatable bonds is 1. The minimum Gasteiger partial charge on any atom is -0.371 e. The molecular weight excluding hydrogens is 210 g/mol. The van der Waals surface area contributed by atoms with Gasteiger partial charge < -0.3 is 10.1 Å². The number of hydrogen-bond donors (Lipinski definition) is 1. The Morgan fingerprint density at radius 1 is 1.40 bits per heavy atom. The van der Waals surface area contributed by atoms with Crippen molar-refractivity contribution in [1.82, 2.24) is 5.32 Å². The minimum atomic E-state index is 0.104. The van der Waals surface area contributed by atoms with Crippen molar-refractivity contribution in [2.45, 2.75) is 20.0 Å². The van der Waals surface area contributed by atoms with Crippen LogP contribution in [0.15, 0.2) is 12.1 Å². The zero-order valence-electron chi connectivity index (χ0n) is 9.14. The fourth-order valence-electron chi connectivity index (χ4n) is 2.09. The van der Waals surface area contributed by atoms with Gasteiger partial charge in [0, 0.05) is 23.7 Å². The maximum Gasteiger partial charge on any atom is 0.0966 e. The van der Waals surface area contributed by atoms with Gasteiger partial charge in [0.25, 0.3) is 0 Å². The summed E-state index contributed by atoms with van der Waals surface area (Å²) in [6.07, 6.45) is 0.104. The molecule has 2 nitrogen and oxygen atoms in total. The highest BCUT2D eigenvalue weighted by Gasteiger charge is 2.20. The predicted molar refractivity (Wildman–Crippen MR) is 62.5 cm³/mol. The quantitative estimate of drug-likeness (QED) is 0.794. The molecule has 1 fully saturated rings. The SMILES string of the molecule is Cc1cc(C)c(C2CNCCO2)c(Cl)c1. The summed E-state index contributed by atoms with van der Waals surface area (Å²) in [4.78, 5) is 0. The third-order valence-corrected chi connectivity index (χ3v) is 3.04. The zero-order valence-corrected chi connectivity index (χ0v) is 9.90. The average Bonchev–Trinajstić information content (AvgIpc) is 2.17. The van der Waals surface area contributed by atoms with E-state index >= 15 is 0 Å². The van der Waals surface area contributed by atoms with Crippen LogP contribution >= 0.6 is 11.6 Å². The standard InChI is InChI=1S/C12H16ClNO/c1-8-5-9(2)12(10(13)6-8)11-7-14-3-4-15-11/h5-6,11,14H,3-4,7H2,1-2H3. The number of aryl methyl sites for hydroxylation is 2. The Kier molecular flexibility index (Phi) is 3.29. The summed E-state index contributed by atoms with van der Waals surface area (Å²) in [6.45, 7) is 6.69. The molecule has 1 aromatic rings. The minimum absolute atomic E-state index is 0.104. The Morgan fingerprint density at radius 3 is 2.80 bits per heavy atom. The van der Waals surface area contributed by atoms with Crippen LogP contribution in [-0.4, -0.2) is 19.7 Å². The molecule has 0 bridgehead atoms. The summed E-state index contributed by atoms with van der Waals surface area (Å²) in [6, 6.07) is 4.15. The first-order valence-corrected chi connectivity index (χ1v) is 5.65. The molecule has 1 aliphatic rings. The third kappa shape index (κ3) is 2.33. The van der Waals surface area contributed by atoms with Crippen LogP contribution in [0.2, 0.25) is 5.02 Å². The van der Waals surface area contributed by atoms with Gasteiger partial charge in [0.1, 0.15) is 0 Å². The highest BCUT2D eigenvalue weighted by molar-refractivity contribution is 6.31. The zero-order chi connectivity index (χ0) is 10.8. The lowest BCUT2D eigenvalue weighted by atomic mass is 10.00. The van der Waals surface area contributed by atoms with Crippen molar-refractivity contribution in [3.05, 3.63) is 33.8 Å². The van der Waals surface area contributed by atoms with Gasteiger partial charge >= 0.3 is 0 Å². The lowest BCUT2D eigenvalue weighted by molar-refractivity contribution is 0.0274. The number of halogens is 1. The van der Waals surface area contributed by atoms with Crippen molar-refractivity contribution < 1.29 is 4.74 Å². The molecule has 0 amide bonds. The molecule has 0 radical (unpaired) electrons. The maximum absolute atomic E-state index is 6.26. The summed E-state index contributed by atoms with van der Waals surface area (Å²) < 4.78 is 5.72. The Bertz CT molecular complexity index is 336. The molecule has 0 aromatic heterocycles. The van der Waals surface area contributed by atoms with Gasteiger partial charge in [-0.25, -0.2) is 0 Å². The maximum atomic E-state index is 6.26. The summed E-state index contributed by atoms with van der Waals surface area (Å²) in [5.74, 6) is 0. The normalized spacial score (nSPS) is 21.7. The number of nitrogens with one attached hydrogen (secondary N) is 1. The smallest absolute Gasteiger partial charge is 0.0966 e. The van der Waals surface area contributed by atoms with Gasteiger partial charge in [0.15, 0.2) is 0 Å². The monoisotopic (exact) mass is 225 g/mol. The van der Waals surface area contributed by atoms with Crippen molar-refractivity contribution in [1.29, 1.82) is 0 Å². The highest BCUT2D eigenvalue weighted by atomic mass is 35.5. The molecule has 1 heterocycles. The van der Waals surface area contributed by atoms with E-state index in [9.17, 15) is 0 Å². The molecule has 0 saturated carbocycles. The Hall–Kier alpha value is -0.570. The summed E-state index contributed by atoms with van der Waals surface area (Å²) in [7, 11) is 0. The van der Waals surface area contributed by atoms with Crippen molar-refractivity contribution in [3.63, 3.8) is 0 Å². The van der Waals surface area contributed by atoms with Crippen LogP contribution in [0.25, 0.3) is 0 Å². The van der Waals surface area contributed by atoms with Gasteiger partial charge in [-0.05, 0) is 31.0 Å². The molecule has 1 aromatic carbocycles. The van der Waals surface area contributed by atoms with Crippen molar-refractivity contribution >= 4 is 11.6 Å². The molecule has 15 heavy (non-hydrogen) atoms. The second-order valence-electron chi connectivity index (χ2n) is 4.04. The van der Waals surface area contributed by atoms with Gasteiger partial charge in [-0.15, -0.1) is 0 Å². The van der Waals surface area contributed by atoms with E-state index in [1.165, 1.54) is 11.1 Å². The van der Waals surface area contributed by atoms with Crippen molar-refractivity contribution in [2.75, 3.05) is 19.7 Å². The van der Waals surface area contributed by atoms with E-state index in [0.29, 0.717) is 0 Å². The fourth-order valence-corrected chi connectivity index (χ4v) is 2.53. The average molecular weight is 226 g/mol. The van der Waals surface area contributed by atoms with Gasteiger partial charge in [0.2, 0.25) is 0 Å². The van der Waals surface area contributed by atoms with Crippen LogP contribution in [-0.2, 0) is 4.74 Å². The van der Waals surface area contributed by atoms with Crippen LogP contribution in [0.5, 0.6) is 0 Å². The van der Waals surface area contributed by atoms with Crippen LogP contribution < -0.4 is 5.32 Å². The molecule has 3 heteroatoms. The van der Waals surface area contributed by atoms with Gasteiger partial charge in [-0.2, -0.15) is 0 Å². The molecule has 2 rings (SSSR count).